The SMILES string of the molecule is C=CCNC(=S)Nc1ccc(C(=O)N2CCCCC2)cc1. The van der Waals surface area contributed by atoms with Gasteiger partial charge in [-0.05, 0) is 55.7 Å². The largest absolute Gasteiger partial charge is 0.359 e. The van der Waals surface area contributed by atoms with Crippen LogP contribution in [0.3, 0.4) is 0 Å². The summed E-state index contributed by atoms with van der Waals surface area (Å²) < 4.78 is 0. The van der Waals surface area contributed by atoms with E-state index in [0.29, 0.717) is 11.7 Å². The van der Waals surface area contributed by atoms with Crippen molar-refractivity contribution in [3.63, 3.8) is 0 Å². The third-order valence-electron chi connectivity index (χ3n) is 3.44. The number of thiocarbonyl (C=S) groups is 1. The third kappa shape index (κ3) is 4.56. The Morgan fingerprint density at radius 2 is 1.90 bits per heavy atom. The van der Waals surface area contributed by atoms with Gasteiger partial charge in [-0.2, -0.15) is 0 Å². The van der Waals surface area contributed by atoms with Crippen molar-refractivity contribution >= 4 is 28.9 Å². The van der Waals surface area contributed by atoms with Gasteiger partial charge in [0.2, 0.25) is 0 Å². The second kappa shape index (κ2) is 7.78. The van der Waals surface area contributed by atoms with Crippen LogP contribution in [-0.4, -0.2) is 35.6 Å². The zero-order valence-corrected chi connectivity index (χ0v) is 12.9. The number of likely N-dealkylation sites (tertiary alicyclic amines) is 1. The summed E-state index contributed by atoms with van der Waals surface area (Å²) in [4.78, 5) is 14.3. The molecule has 5 heteroatoms. The highest BCUT2D eigenvalue weighted by atomic mass is 32.1. The quantitative estimate of drug-likeness (QED) is 0.663. The molecule has 0 aromatic heterocycles. The Morgan fingerprint density at radius 3 is 2.52 bits per heavy atom. The first-order valence-electron chi connectivity index (χ1n) is 7.26. The van der Waals surface area contributed by atoms with E-state index in [1.165, 1.54) is 6.42 Å². The van der Waals surface area contributed by atoms with Gasteiger partial charge in [-0.1, -0.05) is 6.08 Å². The summed E-state index contributed by atoms with van der Waals surface area (Å²) >= 11 is 5.14. The fourth-order valence-electron chi connectivity index (χ4n) is 2.32. The molecule has 0 bridgehead atoms. The lowest BCUT2D eigenvalue weighted by atomic mass is 10.1. The fraction of sp³-hybridized carbons (Fsp3) is 0.375. The van der Waals surface area contributed by atoms with Crippen LogP contribution in [0.1, 0.15) is 29.6 Å². The van der Waals surface area contributed by atoms with Gasteiger partial charge in [0.1, 0.15) is 0 Å². The molecule has 2 rings (SSSR count). The highest BCUT2D eigenvalue weighted by Crippen LogP contribution is 2.15. The molecule has 0 unspecified atom stereocenters. The van der Waals surface area contributed by atoms with E-state index in [1.54, 1.807) is 6.08 Å². The van der Waals surface area contributed by atoms with Crippen molar-refractivity contribution < 1.29 is 4.79 Å². The zero-order chi connectivity index (χ0) is 15.1. The highest BCUT2D eigenvalue weighted by molar-refractivity contribution is 7.80. The number of anilines is 1. The number of nitrogens with one attached hydrogen (secondary N) is 2. The van der Waals surface area contributed by atoms with Crippen molar-refractivity contribution in [2.75, 3.05) is 25.0 Å². The summed E-state index contributed by atoms with van der Waals surface area (Å²) in [6, 6.07) is 7.43. The molecule has 1 saturated heterocycles. The number of carbonyl (C=O) groups excluding carboxylic acids is 1. The maximum absolute atomic E-state index is 12.3. The summed E-state index contributed by atoms with van der Waals surface area (Å²) in [6.45, 7) is 5.98. The van der Waals surface area contributed by atoms with E-state index in [4.69, 9.17) is 12.2 Å². The number of rotatable bonds is 4. The van der Waals surface area contributed by atoms with Crippen molar-refractivity contribution in [2.45, 2.75) is 19.3 Å². The summed E-state index contributed by atoms with van der Waals surface area (Å²) in [5.74, 6) is 0.119. The van der Waals surface area contributed by atoms with E-state index in [1.807, 2.05) is 29.2 Å². The Kier molecular flexibility index (Phi) is 5.75. The van der Waals surface area contributed by atoms with Crippen molar-refractivity contribution in [3.8, 4) is 0 Å². The minimum absolute atomic E-state index is 0.119. The Hall–Kier alpha value is -1.88. The predicted octanol–water partition coefficient (Wildman–Crippen LogP) is 2.79. The normalized spacial score (nSPS) is 14.4. The molecule has 1 aromatic carbocycles. The number of benzene rings is 1. The van der Waals surface area contributed by atoms with Crippen LogP contribution in [0, 0.1) is 0 Å². The molecule has 0 atom stereocenters. The second-order valence-electron chi connectivity index (χ2n) is 5.05. The molecule has 1 aliphatic heterocycles. The first-order valence-corrected chi connectivity index (χ1v) is 7.66. The van der Waals surface area contributed by atoms with Crippen molar-refractivity contribution in [1.82, 2.24) is 10.2 Å². The maximum Gasteiger partial charge on any atom is 0.253 e. The highest BCUT2D eigenvalue weighted by Gasteiger charge is 2.17. The third-order valence-corrected chi connectivity index (χ3v) is 3.69. The number of hydrogen-bond donors (Lipinski definition) is 2. The fourth-order valence-corrected chi connectivity index (χ4v) is 2.52. The molecule has 21 heavy (non-hydrogen) atoms. The van der Waals surface area contributed by atoms with Crippen LogP contribution in [0.15, 0.2) is 36.9 Å². The Morgan fingerprint density at radius 1 is 1.24 bits per heavy atom. The van der Waals surface area contributed by atoms with E-state index >= 15 is 0 Å². The van der Waals surface area contributed by atoms with Crippen LogP contribution in [-0.2, 0) is 0 Å². The lowest BCUT2D eigenvalue weighted by Crippen LogP contribution is -2.35. The minimum atomic E-state index is 0.119. The average Bonchev–Trinajstić information content (AvgIpc) is 2.54. The second-order valence-corrected chi connectivity index (χ2v) is 5.46. The van der Waals surface area contributed by atoms with Crippen LogP contribution in [0.25, 0.3) is 0 Å². The average molecular weight is 303 g/mol. The summed E-state index contributed by atoms with van der Waals surface area (Å²) in [6.07, 6.45) is 5.18. The van der Waals surface area contributed by atoms with Gasteiger partial charge < -0.3 is 15.5 Å². The predicted molar refractivity (Wildman–Crippen MR) is 90.6 cm³/mol. The molecule has 0 saturated carbocycles. The van der Waals surface area contributed by atoms with Gasteiger partial charge in [-0.25, -0.2) is 0 Å². The van der Waals surface area contributed by atoms with Crippen LogP contribution in [0.4, 0.5) is 5.69 Å². The molecule has 1 aromatic rings. The molecule has 1 heterocycles. The standard InChI is InChI=1S/C16H21N3OS/c1-2-10-17-16(21)18-14-8-6-13(7-9-14)15(20)19-11-4-3-5-12-19/h2,6-9H,1,3-5,10-12H2,(H2,17,18,21). The van der Waals surface area contributed by atoms with Crippen LogP contribution in [0.5, 0.6) is 0 Å². The van der Waals surface area contributed by atoms with Gasteiger partial charge in [-0.3, -0.25) is 4.79 Å². The number of hydrogen-bond acceptors (Lipinski definition) is 2. The summed E-state index contributed by atoms with van der Waals surface area (Å²) in [5.41, 5.74) is 1.60. The van der Waals surface area contributed by atoms with E-state index < -0.39 is 0 Å². The molecule has 1 amide bonds. The van der Waals surface area contributed by atoms with Gasteiger partial charge in [-0.15, -0.1) is 6.58 Å². The molecule has 0 radical (unpaired) electrons. The van der Waals surface area contributed by atoms with Crippen LogP contribution >= 0.6 is 12.2 Å². The van der Waals surface area contributed by atoms with E-state index in [0.717, 1.165) is 37.2 Å². The van der Waals surface area contributed by atoms with Gasteiger partial charge in [0, 0.05) is 30.9 Å². The van der Waals surface area contributed by atoms with Crippen molar-refractivity contribution in [2.24, 2.45) is 0 Å². The van der Waals surface area contributed by atoms with E-state index in [-0.39, 0.29) is 5.91 Å². The Labute approximate surface area is 131 Å². The Bertz CT molecular complexity index is 507. The van der Waals surface area contributed by atoms with Gasteiger partial charge in [0.15, 0.2) is 5.11 Å². The van der Waals surface area contributed by atoms with Crippen LogP contribution < -0.4 is 10.6 Å². The maximum atomic E-state index is 12.3. The topological polar surface area (TPSA) is 44.4 Å². The molecule has 112 valence electrons. The molecule has 2 N–H and O–H groups in total. The molecule has 0 spiro atoms. The molecule has 4 nitrogen and oxygen atoms in total. The smallest absolute Gasteiger partial charge is 0.253 e. The van der Waals surface area contributed by atoms with Crippen molar-refractivity contribution in [1.29, 1.82) is 0 Å². The molecular formula is C16H21N3OS. The summed E-state index contributed by atoms with van der Waals surface area (Å²) in [5, 5.41) is 6.61. The molecule has 1 aliphatic rings. The number of amides is 1. The lowest BCUT2D eigenvalue weighted by molar-refractivity contribution is 0.0724. The van der Waals surface area contributed by atoms with E-state index in [9.17, 15) is 4.79 Å². The molecule has 1 fully saturated rings. The molecule has 0 aliphatic carbocycles. The summed E-state index contributed by atoms with van der Waals surface area (Å²) in [7, 11) is 0. The molecular weight excluding hydrogens is 282 g/mol. The number of nitrogens with zero attached hydrogens (tertiary/aromatic N) is 1. The first kappa shape index (κ1) is 15.5. The lowest BCUT2D eigenvalue weighted by Gasteiger charge is -2.26. The van der Waals surface area contributed by atoms with Gasteiger partial charge in [0.25, 0.3) is 5.91 Å². The minimum Gasteiger partial charge on any atom is -0.359 e. The van der Waals surface area contributed by atoms with Crippen molar-refractivity contribution in [3.05, 3.63) is 42.5 Å². The van der Waals surface area contributed by atoms with E-state index in [2.05, 4.69) is 17.2 Å². The van der Waals surface area contributed by atoms with Gasteiger partial charge in [0.05, 0.1) is 0 Å². The van der Waals surface area contributed by atoms with Crippen LogP contribution in [0.2, 0.25) is 0 Å². The van der Waals surface area contributed by atoms with Gasteiger partial charge >= 0.3 is 0 Å². The monoisotopic (exact) mass is 303 g/mol. The number of piperidine rings is 1. The number of carbonyl (C=O) groups is 1. The Balaban J connectivity index is 1.93. The zero-order valence-electron chi connectivity index (χ0n) is 12.1. The first-order chi connectivity index (χ1) is 10.2.